The van der Waals surface area contributed by atoms with E-state index in [1.165, 1.54) is 16.7 Å². The third kappa shape index (κ3) is 2.66. The number of hydrogen-bond donors (Lipinski definition) is 0. The van der Waals surface area contributed by atoms with Crippen molar-refractivity contribution < 1.29 is 0 Å². The molecule has 2 nitrogen and oxygen atoms in total. The average molecular weight is 212 g/mol. The predicted molar refractivity (Wildman–Crippen MR) is 65.5 cm³/mol. The second kappa shape index (κ2) is 4.44. The van der Waals surface area contributed by atoms with E-state index in [0.29, 0.717) is 0 Å². The molecule has 2 heteroatoms. The Morgan fingerprint density at radius 1 is 1.00 bits per heavy atom. The molecule has 0 atom stereocenters. The molecule has 82 valence electrons. The predicted octanol–water partition coefficient (Wildman–Crippen LogP) is 2.99. The lowest BCUT2D eigenvalue weighted by Crippen LogP contribution is -1.98. The SMILES string of the molecule is Cc1cc(C)cc(Cc2nccc(C)n2)c1. The molecular weight excluding hydrogens is 196 g/mol. The van der Waals surface area contributed by atoms with E-state index in [2.05, 4.69) is 42.0 Å². The summed E-state index contributed by atoms with van der Waals surface area (Å²) in [6.45, 7) is 6.23. The molecule has 1 aromatic carbocycles. The highest BCUT2D eigenvalue weighted by Gasteiger charge is 2.01. The minimum absolute atomic E-state index is 0.810. The van der Waals surface area contributed by atoms with Crippen LogP contribution in [0.25, 0.3) is 0 Å². The minimum Gasteiger partial charge on any atom is -0.241 e. The fourth-order valence-electron chi connectivity index (χ4n) is 1.94. The number of aromatic nitrogens is 2. The summed E-state index contributed by atoms with van der Waals surface area (Å²) in [7, 11) is 0. The first-order chi connectivity index (χ1) is 7.63. The van der Waals surface area contributed by atoms with Gasteiger partial charge in [0.15, 0.2) is 0 Å². The van der Waals surface area contributed by atoms with Crippen molar-refractivity contribution in [3.63, 3.8) is 0 Å². The quantitative estimate of drug-likeness (QED) is 0.764. The van der Waals surface area contributed by atoms with E-state index in [-0.39, 0.29) is 0 Å². The van der Waals surface area contributed by atoms with Crippen LogP contribution in [0.3, 0.4) is 0 Å². The molecule has 0 aliphatic rings. The zero-order chi connectivity index (χ0) is 11.5. The molecule has 0 fully saturated rings. The van der Waals surface area contributed by atoms with Crippen molar-refractivity contribution in [3.8, 4) is 0 Å². The van der Waals surface area contributed by atoms with E-state index < -0.39 is 0 Å². The Morgan fingerprint density at radius 3 is 2.31 bits per heavy atom. The second-order valence-electron chi connectivity index (χ2n) is 4.29. The van der Waals surface area contributed by atoms with Gasteiger partial charge in [-0.25, -0.2) is 9.97 Å². The molecular formula is C14H16N2. The van der Waals surface area contributed by atoms with Crippen LogP contribution in [0.15, 0.2) is 30.5 Å². The smallest absolute Gasteiger partial charge is 0.132 e. The summed E-state index contributed by atoms with van der Waals surface area (Å²) in [6.07, 6.45) is 2.63. The van der Waals surface area contributed by atoms with Crippen LogP contribution in [0.1, 0.15) is 28.2 Å². The lowest BCUT2D eigenvalue weighted by Gasteiger charge is -2.04. The largest absolute Gasteiger partial charge is 0.241 e. The molecule has 0 bridgehead atoms. The number of nitrogens with zero attached hydrogens (tertiary/aromatic N) is 2. The van der Waals surface area contributed by atoms with Gasteiger partial charge in [0, 0.05) is 18.3 Å². The van der Waals surface area contributed by atoms with Gasteiger partial charge < -0.3 is 0 Å². The van der Waals surface area contributed by atoms with Crippen LogP contribution in [0.2, 0.25) is 0 Å². The van der Waals surface area contributed by atoms with Crippen molar-refractivity contribution in [2.24, 2.45) is 0 Å². The van der Waals surface area contributed by atoms with Gasteiger partial charge in [-0.3, -0.25) is 0 Å². The Morgan fingerprint density at radius 2 is 1.69 bits per heavy atom. The molecule has 0 saturated heterocycles. The molecule has 0 aliphatic heterocycles. The van der Waals surface area contributed by atoms with Gasteiger partial charge in [0.05, 0.1) is 0 Å². The summed E-state index contributed by atoms with van der Waals surface area (Å²) in [5.74, 6) is 0.894. The van der Waals surface area contributed by atoms with Gasteiger partial charge in [-0.2, -0.15) is 0 Å². The Balaban J connectivity index is 2.27. The second-order valence-corrected chi connectivity index (χ2v) is 4.29. The summed E-state index contributed by atoms with van der Waals surface area (Å²) in [6, 6.07) is 8.49. The van der Waals surface area contributed by atoms with Crippen LogP contribution in [-0.4, -0.2) is 9.97 Å². The van der Waals surface area contributed by atoms with E-state index in [9.17, 15) is 0 Å². The van der Waals surface area contributed by atoms with Crippen LogP contribution in [0.4, 0.5) is 0 Å². The van der Waals surface area contributed by atoms with E-state index in [0.717, 1.165) is 17.9 Å². The summed E-state index contributed by atoms with van der Waals surface area (Å²) < 4.78 is 0. The maximum Gasteiger partial charge on any atom is 0.132 e. The van der Waals surface area contributed by atoms with Gasteiger partial charge in [-0.05, 0) is 32.4 Å². The zero-order valence-corrected chi connectivity index (χ0v) is 9.99. The molecule has 0 unspecified atom stereocenters. The van der Waals surface area contributed by atoms with E-state index in [4.69, 9.17) is 0 Å². The van der Waals surface area contributed by atoms with E-state index in [1.54, 1.807) is 0 Å². The van der Waals surface area contributed by atoms with Crippen LogP contribution in [0, 0.1) is 20.8 Å². The molecule has 0 radical (unpaired) electrons. The lowest BCUT2D eigenvalue weighted by molar-refractivity contribution is 0.940. The van der Waals surface area contributed by atoms with Gasteiger partial charge in [0.1, 0.15) is 5.82 Å². The normalized spacial score (nSPS) is 10.4. The Bertz CT molecular complexity index is 484. The van der Waals surface area contributed by atoms with Crippen LogP contribution < -0.4 is 0 Å². The fraction of sp³-hybridized carbons (Fsp3) is 0.286. The minimum atomic E-state index is 0.810. The number of aryl methyl sites for hydroxylation is 3. The van der Waals surface area contributed by atoms with Crippen molar-refractivity contribution in [1.82, 2.24) is 9.97 Å². The molecule has 0 saturated carbocycles. The summed E-state index contributed by atoms with van der Waals surface area (Å²) >= 11 is 0. The summed E-state index contributed by atoms with van der Waals surface area (Å²) in [4.78, 5) is 8.70. The monoisotopic (exact) mass is 212 g/mol. The maximum atomic E-state index is 4.42. The summed E-state index contributed by atoms with van der Waals surface area (Å²) in [5, 5.41) is 0. The van der Waals surface area contributed by atoms with Crippen molar-refractivity contribution in [2.45, 2.75) is 27.2 Å². The first-order valence-electron chi connectivity index (χ1n) is 5.49. The molecule has 16 heavy (non-hydrogen) atoms. The first-order valence-corrected chi connectivity index (χ1v) is 5.49. The van der Waals surface area contributed by atoms with Crippen molar-refractivity contribution in [2.75, 3.05) is 0 Å². The third-order valence-electron chi connectivity index (χ3n) is 2.49. The van der Waals surface area contributed by atoms with E-state index in [1.807, 2.05) is 19.2 Å². The topological polar surface area (TPSA) is 25.8 Å². The highest BCUT2D eigenvalue weighted by Crippen LogP contribution is 2.11. The summed E-state index contributed by atoms with van der Waals surface area (Å²) in [5.41, 5.74) is 4.89. The van der Waals surface area contributed by atoms with Crippen molar-refractivity contribution in [3.05, 3.63) is 58.7 Å². The van der Waals surface area contributed by atoms with Crippen LogP contribution >= 0.6 is 0 Å². The molecule has 1 heterocycles. The Labute approximate surface area is 96.4 Å². The van der Waals surface area contributed by atoms with Crippen LogP contribution in [-0.2, 0) is 6.42 Å². The van der Waals surface area contributed by atoms with Crippen molar-refractivity contribution in [1.29, 1.82) is 0 Å². The standard InChI is InChI=1S/C14H16N2/c1-10-6-11(2)8-13(7-10)9-14-15-5-4-12(3)16-14/h4-8H,9H2,1-3H3. The highest BCUT2D eigenvalue weighted by atomic mass is 14.9. The number of hydrogen-bond acceptors (Lipinski definition) is 2. The molecule has 2 aromatic rings. The highest BCUT2D eigenvalue weighted by molar-refractivity contribution is 5.30. The Hall–Kier alpha value is -1.70. The van der Waals surface area contributed by atoms with Gasteiger partial charge in [0.25, 0.3) is 0 Å². The molecule has 1 aromatic heterocycles. The van der Waals surface area contributed by atoms with Crippen molar-refractivity contribution >= 4 is 0 Å². The molecule has 0 spiro atoms. The Kier molecular flexibility index (Phi) is 3.00. The van der Waals surface area contributed by atoms with Gasteiger partial charge in [0.2, 0.25) is 0 Å². The maximum absolute atomic E-state index is 4.42. The van der Waals surface area contributed by atoms with Gasteiger partial charge >= 0.3 is 0 Å². The lowest BCUT2D eigenvalue weighted by atomic mass is 10.0. The molecule has 2 rings (SSSR count). The van der Waals surface area contributed by atoms with E-state index >= 15 is 0 Å². The average Bonchev–Trinajstić information content (AvgIpc) is 2.15. The number of rotatable bonds is 2. The van der Waals surface area contributed by atoms with Crippen LogP contribution in [0.5, 0.6) is 0 Å². The molecule has 0 aliphatic carbocycles. The van der Waals surface area contributed by atoms with Gasteiger partial charge in [-0.15, -0.1) is 0 Å². The molecule has 0 amide bonds. The number of benzene rings is 1. The fourth-order valence-corrected chi connectivity index (χ4v) is 1.94. The molecule has 0 N–H and O–H groups in total. The third-order valence-corrected chi connectivity index (χ3v) is 2.49. The first kappa shape index (κ1) is 10.8. The van der Waals surface area contributed by atoms with Gasteiger partial charge in [-0.1, -0.05) is 29.3 Å². The zero-order valence-electron chi connectivity index (χ0n) is 9.99.